The van der Waals surface area contributed by atoms with Crippen LogP contribution in [0.1, 0.15) is 11.4 Å². The number of aromatic nitrogens is 1. The average Bonchev–Trinajstić information content (AvgIpc) is 2.17. The van der Waals surface area contributed by atoms with Gasteiger partial charge in [-0.05, 0) is 18.2 Å². The molecule has 0 saturated heterocycles. The third kappa shape index (κ3) is 1.36. The van der Waals surface area contributed by atoms with Gasteiger partial charge in [-0.25, -0.2) is 4.98 Å². The van der Waals surface area contributed by atoms with Gasteiger partial charge in [0.15, 0.2) is 0 Å². The second kappa shape index (κ2) is 3.17. The molecule has 68 valence electrons. The zero-order valence-corrected chi connectivity index (χ0v) is 7.97. The normalized spacial score (nSPS) is 13.7. The van der Waals surface area contributed by atoms with E-state index in [9.17, 15) is 0 Å². The van der Waals surface area contributed by atoms with E-state index in [4.69, 9.17) is 16.9 Å². The predicted molar refractivity (Wildman–Crippen MR) is 55.5 cm³/mol. The minimum atomic E-state index is 0.351. The molecular formula is C10H6ClN3. The van der Waals surface area contributed by atoms with Crippen LogP contribution in [-0.2, 0) is 0 Å². The van der Waals surface area contributed by atoms with Gasteiger partial charge < -0.3 is 5.32 Å². The summed E-state index contributed by atoms with van der Waals surface area (Å²) in [5.41, 5.74) is 2.44. The van der Waals surface area contributed by atoms with Crippen LogP contribution in [0.3, 0.4) is 0 Å². The lowest BCUT2D eigenvalue weighted by molar-refractivity contribution is 1.22. The molecule has 0 saturated carbocycles. The third-order valence-electron chi connectivity index (χ3n) is 1.83. The first kappa shape index (κ1) is 8.79. The van der Waals surface area contributed by atoms with Gasteiger partial charge in [-0.2, -0.15) is 5.26 Å². The Hall–Kier alpha value is -1.79. The third-order valence-corrected chi connectivity index (χ3v) is 2.12. The number of halogens is 1. The zero-order valence-electron chi connectivity index (χ0n) is 7.21. The molecule has 1 aliphatic rings. The van der Waals surface area contributed by atoms with Gasteiger partial charge in [0.25, 0.3) is 0 Å². The van der Waals surface area contributed by atoms with Crippen LogP contribution in [0.25, 0.3) is 5.03 Å². The molecule has 1 aromatic heterocycles. The smallest absolute Gasteiger partial charge is 0.141 e. The van der Waals surface area contributed by atoms with Crippen LogP contribution in [0.5, 0.6) is 0 Å². The molecule has 2 heterocycles. The second-order valence-electron chi connectivity index (χ2n) is 2.85. The summed E-state index contributed by atoms with van der Waals surface area (Å²) in [5, 5.41) is 12.2. The van der Waals surface area contributed by atoms with Crippen LogP contribution in [0.15, 0.2) is 30.5 Å². The van der Waals surface area contributed by atoms with Crippen LogP contribution >= 0.6 is 11.6 Å². The van der Waals surface area contributed by atoms with Crippen LogP contribution in [0.4, 0.5) is 5.69 Å². The van der Waals surface area contributed by atoms with Crippen molar-refractivity contribution in [3.63, 3.8) is 0 Å². The lowest BCUT2D eigenvalue weighted by atomic mass is 10.2. The molecule has 0 bridgehead atoms. The molecule has 3 nitrogen and oxygen atoms in total. The Balaban J connectivity index is 2.60. The highest BCUT2D eigenvalue weighted by molar-refractivity contribution is 6.49. The quantitative estimate of drug-likeness (QED) is 0.705. The fraction of sp³-hybridized carbons (Fsp3) is 0. The Kier molecular flexibility index (Phi) is 1.99. The predicted octanol–water partition coefficient (Wildman–Crippen LogP) is 2.47. The zero-order chi connectivity index (χ0) is 10.1. The summed E-state index contributed by atoms with van der Waals surface area (Å²) >= 11 is 5.96. The van der Waals surface area contributed by atoms with Crippen LogP contribution in [-0.4, -0.2) is 4.98 Å². The van der Waals surface area contributed by atoms with Gasteiger partial charge in [0.2, 0.25) is 0 Å². The number of hydrogen-bond donors (Lipinski definition) is 1. The van der Waals surface area contributed by atoms with Crippen molar-refractivity contribution >= 4 is 22.3 Å². The number of nitrogens with one attached hydrogen (secondary N) is 1. The van der Waals surface area contributed by atoms with Crippen molar-refractivity contribution in [1.82, 2.24) is 4.98 Å². The summed E-state index contributed by atoms with van der Waals surface area (Å²) in [5.74, 6) is 0. The number of pyridine rings is 1. The van der Waals surface area contributed by atoms with E-state index in [1.54, 1.807) is 18.2 Å². The molecule has 1 N–H and O–H groups in total. The maximum Gasteiger partial charge on any atom is 0.141 e. The van der Waals surface area contributed by atoms with Gasteiger partial charge in [-0.3, -0.25) is 0 Å². The van der Waals surface area contributed by atoms with E-state index in [1.807, 2.05) is 6.07 Å². The molecule has 0 spiro atoms. The number of rotatable bonds is 0. The molecular weight excluding hydrogens is 198 g/mol. The Morgan fingerprint density at radius 1 is 1.50 bits per heavy atom. The van der Waals surface area contributed by atoms with Crippen molar-refractivity contribution in [3.8, 4) is 6.07 Å². The lowest BCUT2D eigenvalue weighted by Gasteiger charge is -2.16. The van der Waals surface area contributed by atoms with E-state index in [0.29, 0.717) is 22.1 Å². The minimum absolute atomic E-state index is 0.351. The van der Waals surface area contributed by atoms with E-state index >= 15 is 0 Å². The largest absolute Gasteiger partial charge is 0.354 e. The summed E-state index contributed by atoms with van der Waals surface area (Å²) in [6, 6.07) is 5.36. The standard InChI is InChI=1S/C10H6ClN3/c1-6-4-8(11)10-9(13-6)3-2-7(5-12)14-10/h2-4,13H,1H2. The number of anilines is 1. The number of hydrogen-bond acceptors (Lipinski definition) is 3. The Bertz CT molecular complexity index is 483. The number of nitriles is 1. The molecule has 0 unspecified atom stereocenters. The Morgan fingerprint density at radius 3 is 3.00 bits per heavy atom. The Morgan fingerprint density at radius 2 is 2.29 bits per heavy atom. The number of nitrogens with zero attached hydrogens (tertiary/aromatic N) is 2. The van der Waals surface area contributed by atoms with Crippen molar-refractivity contribution < 1.29 is 0 Å². The fourth-order valence-electron chi connectivity index (χ4n) is 1.23. The molecule has 0 radical (unpaired) electrons. The first-order valence-corrected chi connectivity index (χ1v) is 4.33. The van der Waals surface area contributed by atoms with Crippen LogP contribution < -0.4 is 5.32 Å². The first-order chi connectivity index (χ1) is 6.70. The van der Waals surface area contributed by atoms with Crippen molar-refractivity contribution in [2.75, 3.05) is 5.32 Å². The summed E-state index contributed by atoms with van der Waals surface area (Å²) in [6.45, 7) is 3.74. The first-order valence-electron chi connectivity index (χ1n) is 3.95. The van der Waals surface area contributed by atoms with E-state index in [0.717, 1.165) is 5.69 Å². The maximum absolute atomic E-state index is 8.66. The highest BCUT2D eigenvalue weighted by Crippen LogP contribution is 2.31. The van der Waals surface area contributed by atoms with Gasteiger partial charge in [-0.1, -0.05) is 18.2 Å². The van der Waals surface area contributed by atoms with Crippen molar-refractivity contribution in [1.29, 1.82) is 5.26 Å². The minimum Gasteiger partial charge on any atom is -0.354 e. The molecule has 4 heteroatoms. The molecule has 1 aliphatic heterocycles. The molecule has 1 aromatic rings. The highest BCUT2D eigenvalue weighted by atomic mass is 35.5. The summed E-state index contributed by atoms with van der Waals surface area (Å²) < 4.78 is 0. The van der Waals surface area contributed by atoms with Gasteiger partial charge >= 0.3 is 0 Å². The molecule has 0 fully saturated rings. The summed E-state index contributed by atoms with van der Waals surface area (Å²) in [4.78, 5) is 4.08. The summed E-state index contributed by atoms with van der Waals surface area (Å²) in [6.07, 6.45) is 1.68. The Labute approximate surface area is 86.3 Å². The molecule has 14 heavy (non-hydrogen) atoms. The molecule has 0 aromatic carbocycles. The fourth-order valence-corrected chi connectivity index (χ4v) is 1.51. The number of fused-ring (bicyclic) bond motifs is 1. The van der Waals surface area contributed by atoms with E-state index in [-0.39, 0.29) is 0 Å². The molecule has 0 aliphatic carbocycles. The highest BCUT2D eigenvalue weighted by Gasteiger charge is 2.14. The van der Waals surface area contributed by atoms with Crippen molar-refractivity contribution in [2.24, 2.45) is 0 Å². The summed E-state index contributed by atoms with van der Waals surface area (Å²) in [7, 11) is 0. The molecule has 0 atom stereocenters. The lowest BCUT2D eigenvalue weighted by Crippen LogP contribution is -2.06. The SMILES string of the molecule is C=C1C=C(Cl)c2nc(C#N)ccc2N1. The van der Waals surface area contributed by atoms with Crippen LogP contribution in [0, 0.1) is 11.3 Å². The molecule has 2 rings (SSSR count). The maximum atomic E-state index is 8.66. The van der Waals surface area contributed by atoms with E-state index < -0.39 is 0 Å². The van der Waals surface area contributed by atoms with Gasteiger partial charge in [0.05, 0.1) is 10.7 Å². The molecule has 0 amide bonds. The van der Waals surface area contributed by atoms with Crippen molar-refractivity contribution in [2.45, 2.75) is 0 Å². The van der Waals surface area contributed by atoms with E-state index in [1.165, 1.54) is 0 Å². The number of allylic oxidation sites excluding steroid dienone is 1. The van der Waals surface area contributed by atoms with Gasteiger partial charge in [0, 0.05) is 5.70 Å². The van der Waals surface area contributed by atoms with Gasteiger partial charge in [-0.15, -0.1) is 0 Å². The topological polar surface area (TPSA) is 48.7 Å². The van der Waals surface area contributed by atoms with Crippen molar-refractivity contribution in [3.05, 3.63) is 41.9 Å². The van der Waals surface area contributed by atoms with E-state index in [2.05, 4.69) is 16.9 Å². The average molecular weight is 204 g/mol. The van der Waals surface area contributed by atoms with Gasteiger partial charge in [0.1, 0.15) is 17.5 Å². The monoisotopic (exact) mass is 203 g/mol. The van der Waals surface area contributed by atoms with Crippen LogP contribution in [0.2, 0.25) is 0 Å². The second-order valence-corrected chi connectivity index (χ2v) is 3.25.